The maximum absolute atomic E-state index is 12.6. The smallest absolute Gasteiger partial charge is 0.223 e. The van der Waals surface area contributed by atoms with Crippen molar-refractivity contribution in [2.24, 2.45) is 11.7 Å². The van der Waals surface area contributed by atoms with Gasteiger partial charge in [-0.2, -0.15) is 0 Å². The number of nitrogens with two attached hydrogens (primary N) is 1. The van der Waals surface area contributed by atoms with Gasteiger partial charge >= 0.3 is 0 Å². The summed E-state index contributed by atoms with van der Waals surface area (Å²) in [5, 5.41) is 4.02. The lowest BCUT2D eigenvalue weighted by molar-refractivity contribution is -0.134. The maximum atomic E-state index is 12.6. The van der Waals surface area contributed by atoms with E-state index in [0.717, 1.165) is 32.1 Å². The molecule has 1 saturated heterocycles. The van der Waals surface area contributed by atoms with Crippen molar-refractivity contribution in [1.29, 1.82) is 0 Å². The molecule has 0 spiro atoms. The lowest BCUT2D eigenvalue weighted by Crippen LogP contribution is -2.41. The number of rotatable bonds is 8. The summed E-state index contributed by atoms with van der Waals surface area (Å²) >= 11 is 3.18. The van der Waals surface area contributed by atoms with Gasteiger partial charge in [0, 0.05) is 42.1 Å². The van der Waals surface area contributed by atoms with E-state index in [9.17, 15) is 9.59 Å². The molecule has 32 heavy (non-hydrogen) atoms. The molecular weight excluding hydrogens is 444 g/mol. The summed E-state index contributed by atoms with van der Waals surface area (Å²) in [4.78, 5) is 35.6. The Morgan fingerprint density at radius 1 is 1.22 bits per heavy atom. The molecule has 2 aromatic heterocycles. The van der Waals surface area contributed by atoms with Crippen molar-refractivity contribution in [1.82, 2.24) is 14.9 Å². The topological polar surface area (TPSA) is 98.4 Å². The molecule has 0 atom stereocenters. The molecule has 0 aliphatic carbocycles. The van der Waals surface area contributed by atoms with E-state index in [-0.39, 0.29) is 17.7 Å². The molecular formula is C23H26N4O3S2. The fourth-order valence-corrected chi connectivity index (χ4v) is 5.80. The third-order valence-electron chi connectivity index (χ3n) is 5.62. The molecule has 1 aliphatic rings. The van der Waals surface area contributed by atoms with Crippen LogP contribution in [0.3, 0.4) is 0 Å². The van der Waals surface area contributed by atoms with E-state index in [1.807, 2.05) is 36.1 Å². The van der Waals surface area contributed by atoms with Crippen molar-refractivity contribution in [2.45, 2.75) is 31.2 Å². The Morgan fingerprint density at radius 2 is 1.97 bits per heavy atom. The van der Waals surface area contributed by atoms with E-state index in [4.69, 9.17) is 10.5 Å². The van der Waals surface area contributed by atoms with Gasteiger partial charge in [0.1, 0.15) is 21.9 Å². The second-order valence-corrected chi connectivity index (χ2v) is 9.56. The number of benzene rings is 1. The number of carbonyl (C=O) groups is 2. The summed E-state index contributed by atoms with van der Waals surface area (Å²) in [6, 6.07) is 8.04. The minimum atomic E-state index is -0.264. The second-order valence-electron chi connectivity index (χ2n) is 7.62. The predicted octanol–water partition coefficient (Wildman–Crippen LogP) is 3.96. The number of amides is 2. The number of ether oxygens (including phenoxy) is 1. The van der Waals surface area contributed by atoms with E-state index in [2.05, 4.69) is 15.3 Å². The van der Waals surface area contributed by atoms with Crippen LogP contribution in [0.15, 0.2) is 41.0 Å². The highest BCUT2D eigenvalue weighted by Crippen LogP contribution is 2.38. The molecule has 0 radical (unpaired) electrons. The molecule has 0 saturated carbocycles. The lowest BCUT2D eigenvalue weighted by Gasteiger charge is -2.30. The Kier molecular flexibility index (Phi) is 7.26. The Hall–Kier alpha value is -2.65. The standard InChI is InChI=1S/C23H26N4O3S2/c1-2-30-17-5-3-15(4-6-17)18-13-32-23-20(18)22(25-14-26-23)31-12-9-19(28)27-10-7-16(8-11-27)21(24)29/h3-6,13-14,16H,2,7-12H2,1H3,(H2,24,29). The highest BCUT2D eigenvalue weighted by atomic mass is 32.2. The average Bonchev–Trinajstić information content (AvgIpc) is 3.25. The van der Waals surface area contributed by atoms with Crippen molar-refractivity contribution in [3.05, 3.63) is 36.0 Å². The van der Waals surface area contributed by atoms with Gasteiger partial charge in [-0.05, 0) is 37.5 Å². The van der Waals surface area contributed by atoms with Crippen LogP contribution in [0.5, 0.6) is 5.75 Å². The number of aromatic nitrogens is 2. The van der Waals surface area contributed by atoms with Gasteiger partial charge < -0.3 is 15.4 Å². The molecule has 1 aromatic carbocycles. The summed E-state index contributed by atoms with van der Waals surface area (Å²) in [7, 11) is 0. The molecule has 4 rings (SSSR count). The molecule has 3 aromatic rings. The fraction of sp³-hybridized carbons (Fsp3) is 0.391. The van der Waals surface area contributed by atoms with Gasteiger partial charge in [-0.25, -0.2) is 9.97 Å². The number of nitrogens with zero attached hydrogens (tertiary/aromatic N) is 3. The number of thioether (sulfide) groups is 1. The number of primary amides is 1. The van der Waals surface area contributed by atoms with Gasteiger partial charge in [-0.3, -0.25) is 9.59 Å². The number of likely N-dealkylation sites (tertiary alicyclic amines) is 1. The molecule has 2 N–H and O–H groups in total. The third kappa shape index (κ3) is 5.05. The van der Waals surface area contributed by atoms with Gasteiger partial charge in [-0.1, -0.05) is 12.1 Å². The largest absolute Gasteiger partial charge is 0.494 e. The van der Waals surface area contributed by atoms with Gasteiger partial charge in [0.05, 0.1) is 12.0 Å². The second kappa shape index (κ2) is 10.3. The number of carbonyl (C=O) groups excluding carboxylic acids is 2. The molecule has 3 heterocycles. The van der Waals surface area contributed by atoms with Gasteiger partial charge in [-0.15, -0.1) is 23.1 Å². The van der Waals surface area contributed by atoms with Crippen molar-refractivity contribution in [3.8, 4) is 16.9 Å². The first-order chi connectivity index (χ1) is 15.6. The van der Waals surface area contributed by atoms with Crippen LogP contribution in [-0.4, -0.2) is 52.1 Å². The minimum absolute atomic E-state index is 0.109. The number of fused-ring (bicyclic) bond motifs is 1. The zero-order valence-corrected chi connectivity index (χ0v) is 19.6. The summed E-state index contributed by atoms with van der Waals surface area (Å²) in [5.41, 5.74) is 7.56. The number of piperidine rings is 1. The highest BCUT2D eigenvalue weighted by Gasteiger charge is 2.25. The van der Waals surface area contributed by atoms with Crippen molar-refractivity contribution < 1.29 is 14.3 Å². The molecule has 0 bridgehead atoms. The Bertz CT molecular complexity index is 1090. The number of hydrogen-bond donors (Lipinski definition) is 1. The quantitative estimate of drug-likeness (QED) is 0.395. The lowest BCUT2D eigenvalue weighted by atomic mass is 9.96. The van der Waals surface area contributed by atoms with Crippen LogP contribution >= 0.6 is 23.1 Å². The van der Waals surface area contributed by atoms with Crippen LogP contribution < -0.4 is 10.5 Å². The highest BCUT2D eigenvalue weighted by molar-refractivity contribution is 7.99. The monoisotopic (exact) mass is 470 g/mol. The molecule has 1 aliphatic heterocycles. The first kappa shape index (κ1) is 22.5. The summed E-state index contributed by atoms with van der Waals surface area (Å²) in [5.74, 6) is 1.23. The molecule has 168 valence electrons. The molecule has 0 unspecified atom stereocenters. The normalized spacial score (nSPS) is 14.6. The van der Waals surface area contributed by atoms with E-state index < -0.39 is 0 Å². The van der Waals surface area contributed by atoms with Crippen molar-refractivity contribution in [3.63, 3.8) is 0 Å². The van der Waals surface area contributed by atoms with Crippen LogP contribution in [0, 0.1) is 5.92 Å². The SMILES string of the molecule is CCOc1ccc(-c2csc3ncnc(SCCC(=O)N4CCC(C(N)=O)CC4)c23)cc1. The average molecular weight is 471 g/mol. The Balaban J connectivity index is 1.42. The van der Waals surface area contributed by atoms with Crippen molar-refractivity contribution in [2.75, 3.05) is 25.4 Å². The van der Waals surface area contributed by atoms with Gasteiger partial charge in [0.15, 0.2) is 0 Å². The van der Waals surface area contributed by atoms with E-state index in [1.165, 1.54) is 0 Å². The summed E-state index contributed by atoms with van der Waals surface area (Å²) < 4.78 is 5.55. The van der Waals surface area contributed by atoms with Gasteiger partial charge in [0.25, 0.3) is 0 Å². The Labute approximate surface area is 195 Å². The third-order valence-corrected chi connectivity index (χ3v) is 7.49. The number of hydrogen-bond acceptors (Lipinski definition) is 7. The minimum Gasteiger partial charge on any atom is -0.494 e. The molecule has 9 heteroatoms. The summed E-state index contributed by atoms with van der Waals surface area (Å²) in [6.45, 7) is 3.80. The van der Waals surface area contributed by atoms with Crippen LogP contribution in [0.1, 0.15) is 26.2 Å². The van der Waals surface area contributed by atoms with Crippen LogP contribution in [0.4, 0.5) is 0 Å². The van der Waals surface area contributed by atoms with Crippen LogP contribution in [0.25, 0.3) is 21.3 Å². The van der Waals surface area contributed by atoms with Crippen LogP contribution in [-0.2, 0) is 9.59 Å². The fourth-order valence-electron chi connectivity index (χ4n) is 3.87. The van der Waals surface area contributed by atoms with E-state index in [0.29, 0.717) is 44.7 Å². The molecule has 7 nitrogen and oxygen atoms in total. The predicted molar refractivity (Wildman–Crippen MR) is 128 cm³/mol. The molecule has 1 fully saturated rings. The van der Waals surface area contributed by atoms with E-state index in [1.54, 1.807) is 29.4 Å². The number of thiophene rings is 1. The van der Waals surface area contributed by atoms with Crippen molar-refractivity contribution >= 4 is 45.1 Å². The molecule has 2 amide bonds. The Morgan fingerprint density at radius 3 is 2.66 bits per heavy atom. The van der Waals surface area contributed by atoms with Crippen LogP contribution in [0.2, 0.25) is 0 Å². The first-order valence-corrected chi connectivity index (χ1v) is 12.6. The van der Waals surface area contributed by atoms with Gasteiger partial charge in [0.2, 0.25) is 11.8 Å². The zero-order valence-electron chi connectivity index (χ0n) is 18.0. The van der Waals surface area contributed by atoms with E-state index >= 15 is 0 Å². The first-order valence-electron chi connectivity index (χ1n) is 10.7. The maximum Gasteiger partial charge on any atom is 0.223 e. The zero-order chi connectivity index (χ0) is 22.5. The summed E-state index contributed by atoms with van der Waals surface area (Å²) in [6.07, 6.45) is 3.32.